The lowest BCUT2D eigenvalue weighted by Gasteiger charge is -2.07. The molecule has 3 aromatic rings. The molecule has 0 aliphatic heterocycles. The van der Waals surface area contributed by atoms with Crippen molar-refractivity contribution in [2.24, 2.45) is 0 Å². The Bertz CT molecular complexity index is 797. The Labute approximate surface area is 122 Å². The lowest BCUT2D eigenvalue weighted by molar-refractivity contribution is -0.137. The van der Waals surface area contributed by atoms with Crippen molar-refractivity contribution in [3.63, 3.8) is 0 Å². The number of pyridine rings is 1. The van der Waals surface area contributed by atoms with Gasteiger partial charge in [0.2, 0.25) is 0 Å². The van der Waals surface area contributed by atoms with Gasteiger partial charge in [-0.05, 0) is 24.5 Å². The van der Waals surface area contributed by atoms with Crippen LogP contribution in [0.1, 0.15) is 5.56 Å². The molecule has 3 heterocycles. The molecule has 0 aliphatic carbocycles. The van der Waals surface area contributed by atoms with E-state index < -0.39 is 11.7 Å². The van der Waals surface area contributed by atoms with Gasteiger partial charge in [0, 0.05) is 6.20 Å². The van der Waals surface area contributed by atoms with E-state index in [4.69, 9.17) is 0 Å². The molecule has 0 atom stereocenters. The van der Waals surface area contributed by atoms with Gasteiger partial charge in [-0.25, -0.2) is 15.0 Å². The third-order valence-electron chi connectivity index (χ3n) is 2.95. The van der Waals surface area contributed by atoms with Crippen LogP contribution in [0.15, 0.2) is 41.9 Å². The Kier molecular flexibility index (Phi) is 3.32. The number of imidazole rings is 1. The van der Waals surface area contributed by atoms with E-state index in [1.54, 1.807) is 10.5 Å². The summed E-state index contributed by atoms with van der Waals surface area (Å²) >= 11 is 1.46. The molecule has 3 aromatic heterocycles. The Balaban J connectivity index is 2.12. The van der Waals surface area contributed by atoms with Gasteiger partial charge in [0.05, 0.1) is 28.2 Å². The first-order chi connectivity index (χ1) is 9.99. The highest BCUT2D eigenvalue weighted by Crippen LogP contribution is 2.30. The van der Waals surface area contributed by atoms with Crippen LogP contribution in [-0.2, 0) is 6.18 Å². The van der Waals surface area contributed by atoms with E-state index in [2.05, 4.69) is 15.0 Å². The van der Waals surface area contributed by atoms with Crippen molar-refractivity contribution in [1.82, 2.24) is 19.4 Å². The first kappa shape index (κ1) is 13.9. The van der Waals surface area contributed by atoms with Crippen LogP contribution in [-0.4, -0.2) is 25.6 Å². The third-order valence-corrected chi connectivity index (χ3v) is 3.60. The molecule has 0 bridgehead atoms. The molecule has 3 rings (SSSR count). The zero-order valence-electron chi connectivity index (χ0n) is 10.8. The molecular weight excluding hydrogens is 301 g/mol. The number of fused-ring (bicyclic) bond motifs is 1. The summed E-state index contributed by atoms with van der Waals surface area (Å²) in [6.07, 6.45) is 1.78. The lowest BCUT2D eigenvalue weighted by Crippen LogP contribution is -2.05. The van der Waals surface area contributed by atoms with E-state index in [1.807, 2.05) is 6.26 Å². The smallest absolute Gasteiger partial charge is 0.298 e. The van der Waals surface area contributed by atoms with Gasteiger partial charge in [-0.1, -0.05) is 0 Å². The van der Waals surface area contributed by atoms with Crippen molar-refractivity contribution in [1.29, 1.82) is 0 Å². The van der Waals surface area contributed by atoms with Gasteiger partial charge < -0.3 is 0 Å². The van der Waals surface area contributed by atoms with Crippen molar-refractivity contribution >= 4 is 17.4 Å². The summed E-state index contributed by atoms with van der Waals surface area (Å²) in [6.45, 7) is 0. The van der Waals surface area contributed by atoms with Crippen molar-refractivity contribution in [2.75, 3.05) is 6.26 Å². The molecule has 0 amide bonds. The fraction of sp³-hybridized carbons (Fsp3) is 0.154. The van der Waals surface area contributed by atoms with Crippen molar-refractivity contribution in [2.45, 2.75) is 11.2 Å². The zero-order valence-corrected chi connectivity index (χ0v) is 11.6. The van der Waals surface area contributed by atoms with Crippen LogP contribution in [0.5, 0.6) is 0 Å². The minimum atomic E-state index is -4.38. The molecule has 0 spiro atoms. The molecule has 21 heavy (non-hydrogen) atoms. The molecule has 0 saturated carbocycles. The lowest BCUT2D eigenvalue weighted by atomic mass is 10.2. The second kappa shape index (κ2) is 5.03. The fourth-order valence-electron chi connectivity index (χ4n) is 1.94. The summed E-state index contributed by atoms with van der Waals surface area (Å²) in [7, 11) is 0. The third kappa shape index (κ3) is 2.58. The minimum Gasteiger partial charge on any atom is -0.298 e. The molecule has 4 nitrogen and oxygen atoms in total. The molecule has 108 valence electrons. The van der Waals surface area contributed by atoms with E-state index in [1.165, 1.54) is 30.5 Å². The average Bonchev–Trinajstić information content (AvgIpc) is 2.89. The molecule has 8 heteroatoms. The van der Waals surface area contributed by atoms with Crippen LogP contribution in [0.4, 0.5) is 13.2 Å². The number of aromatic nitrogens is 4. The highest BCUT2D eigenvalue weighted by atomic mass is 32.2. The number of halogens is 3. The monoisotopic (exact) mass is 310 g/mol. The summed E-state index contributed by atoms with van der Waals surface area (Å²) in [6, 6.07) is 3.81. The van der Waals surface area contributed by atoms with Crippen molar-refractivity contribution in [3.8, 4) is 11.4 Å². The quantitative estimate of drug-likeness (QED) is 0.536. The predicted octanol–water partition coefficient (Wildman–Crippen LogP) is 3.53. The van der Waals surface area contributed by atoms with E-state index >= 15 is 0 Å². The standard InChI is InChI=1S/C13H9F3N4S/c1-21-12-5-9(18-7-19-12)10-6-17-11-4-8(13(14,15)16)2-3-20(10)11/h2-7H,1H3. The molecule has 0 radical (unpaired) electrons. The molecule has 0 saturated heterocycles. The SMILES string of the molecule is CSc1cc(-c2cnc3cc(C(F)(F)F)ccn23)ncn1. The van der Waals surface area contributed by atoms with Crippen LogP contribution in [0.25, 0.3) is 17.0 Å². The van der Waals surface area contributed by atoms with Crippen LogP contribution >= 0.6 is 11.8 Å². The Morgan fingerprint density at radius 3 is 2.67 bits per heavy atom. The predicted molar refractivity (Wildman–Crippen MR) is 73.0 cm³/mol. The van der Waals surface area contributed by atoms with Gasteiger partial charge in [0.25, 0.3) is 0 Å². The molecular formula is C13H9F3N4S. The largest absolute Gasteiger partial charge is 0.416 e. The molecule has 0 N–H and O–H groups in total. The summed E-state index contributed by atoms with van der Waals surface area (Å²) < 4.78 is 39.6. The summed E-state index contributed by atoms with van der Waals surface area (Å²) in [5, 5.41) is 0.780. The Morgan fingerprint density at radius 2 is 1.95 bits per heavy atom. The number of hydrogen-bond acceptors (Lipinski definition) is 4. The van der Waals surface area contributed by atoms with Gasteiger partial charge in [0.15, 0.2) is 0 Å². The van der Waals surface area contributed by atoms with Crippen LogP contribution in [0, 0.1) is 0 Å². The van der Waals surface area contributed by atoms with E-state index in [0.29, 0.717) is 11.4 Å². The molecule has 0 aromatic carbocycles. The van der Waals surface area contributed by atoms with Gasteiger partial charge in [-0.3, -0.25) is 4.40 Å². The maximum absolute atomic E-state index is 12.7. The normalized spacial score (nSPS) is 12.0. The van der Waals surface area contributed by atoms with Gasteiger partial charge in [-0.2, -0.15) is 13.2 Å². The Morgan fingerprint density at radius 1 is 1.14 bits per heavy atom. The van der Waals surface area contributed by atoms with Gasteiger partial charge >= 0.3 is 6.18 Å². The first-order valence-electron chi connectivity index (χ1n) is 5.90. The molecule has 0 aliphatic rings. The first-order valence-corrected chi connectivity index (χ1v) is 7.12. The van der Waals surface area contributed by atoms with E-state index in [-0.39, 0.29) is 5.65 Å². The van der Waals surface area contributed by atoms with Crippen LogP contribution in [0.2, 0.25) is 0 Å². The van der Waals surface area contributed by atoms with Gasteiger partial charge in [0.1, 0.15) is 12.0 Å². The number of rotatable bonds is 2. The van der Waals surface area contributed by atoms with Crippen LogP contribution in [0.3, 0.4) is 0 Å². The number of nitrogens with zero attached hydrogens (tertiary/aromatic N) is 4. The summed E-state index contributed by atoms with van der Waals surface area (Å²) in [5.74, 6) is 0. The number of alkyl halides is 3. The van der Waals surface area contributed by atoms with E-state index in [9.17, 15) is 13.2 Å². The zero-order chi connectivity index (χ0) is 15.0. The van der Waals surface area contributed by atoms with Crippen molar-refractivity contribution < 1.29 is 13.2 Å². The maximum Gasteiger partial charge on any atom is 0.416 e. The van der Waals surface area contributed by atoms with Gasteiger partial charge in [-0.15, -0.1) is 11.8 Å². The Hall–Kier alpha value is -2.09. The highest BCUT2D eigenvalue weighted by molar-refractivity contribution is 7.98. The van der Waals surface area contributed by atoms with E-state index in [0.717, 1.165) is 17.2 Å². The highest BCUT2D eigenvalue weighted by Gasteiger charge is 2.30. The molecule has 0 unspecified atom stereocenters. The van der Waals surface area contributed by atoms with Crippen LogP contribution < -0.4 is 0 Å². The summed E-state index contributed by atoms with van der Waals surface area (Å²) in [5.41, 5.74) is 0.738. The summed E-state index contributed by atoms with van der Waals surface area (Å²) in [4.78, 5) is 12.2. The number of thioether (sulfide) groups is 1. The topological polar surface area (TPSA) is 43.1 Å². The van der Waals surface area contributed by atoms with Crippen molar-refractivity contribution in [3.05, 3.63) is 42.5 Å². The second-order valence-corrected chi connectivity index (χ2v) is 5.06. The average molecular weight is 310 g/mol. The number of hydrogen-bond donors (Lipinski definition) is 0. The minimum absolute atomic E-state index is 0.226. The fourth-order valence-corrected chi connectivity index (χ4v) is 2.32. The second-order valence-electron chi connectivity index (χ2n) is 4.23. The molecule has 0 fully saturated rings. The maximum atomic E-state index is 12.7.